The Labute approximate surface area is 181 Å². The molecule has 0 radical (unpaired) electrons. The summed E-state index contributed by atoms with van der Waals surface area (Å²) in [6.45, 7) is 6.96. The zero-order valence-electron chi connectivity index (χ0n) is 17.8. The van der Waals surface area contributed by atoms with Crippen molar-refractivity contribution in [3.63, 3.8) is 0 Å². The van der Waals surface area contributed by atoms with Crippen LogP contribution in [-0.4, -0.2) is 68.9 Å². The maximum absolute atomic E-state index is 12.0. The first kappa shape index (κ1) is 29.1. The van der Waals surface area contributed by atoms with Crippen LogP contribution in [0.4, 0.5) is 0 Å². The van der Waals surface area contributed by atoms with Crippen LogP contribution in [0.2, 0.25) is 0 Å². The minimum Gasteiger partial charge on any atom is -0.286 e. The second-order valence-electron chi connectivity index (χ2n) is 9.04. The Morgan fingerprint density at radius 3 is 1.17 bits per heavy atom. The topological polar surface area (TPSA) is 143 Å². The van der Waals surface area contributed by atoms with Crippen LogP contribution >= 0.6 is 0 Å². The van der Waals surface area contributed by atoms with Crippen LogP contribution < -0.4 is 0 Å². The molecule has 0 aromatic rings. The van der Waals surface area contributed by atoms with E-state index in [4.69, 9.17) is 9.11 Å². The molecule has 176 valence electrons. The van der Waals surface area contributed by atoms with Crippen molar-refractivity contribution in [1.29, 1.82) is 0 Å². The standard InChI is InChI=1S/C17H36O8S4/c1-16(2,14-28(20,21)22)8-5-10-26(18)12-7-13-27(19)11-6-9-17(3,4)15-29(23,24)25/h5-15H2,1-4H3,(H,20,21,22)(H,23,24,25). The largest absolute Gasteiger partial charge is 0.286 e. The van der Waals surface area contributed by atoms with Crippen LogP contribution in [0.1, 0.15) is 59.8 Å². The molecule has 0 fully saturated rings. The van der Waals surface area contributed by atoms with E-state index < -0.39 is 52.7 Å². The van der Waals surface area contributed by atoms with Crippen molar-refractivity contribution in [3.05, 3.63) is 0 Å². The zero-order chi connectivity index (χ0) is 22.9. The van der Waals surface area contributed by atoms with Crippen molar-refractivity contribution >= 4 is 41.8 Å². The van der Waals surface area contributed by atoms with Gasteiger partial charge in [0, 0.05) is 44.6 Å². The maximum atomic E-state index is 12.0. The van der Waals surface area contributed by atoms with Crippen LogP contribution in [-0.2, 0) is 41.8 Å². The fourth-order valence-electron chi connectivity index (χ4n) is 3.14. The molecule has 0 aliphatic carbocycles. The molecular formula is C17H36O8S4. The van der Waals surface area contributed by atoms with Crippen molar-refractivity contribution in [2.45, 2.75) is 59.8 Å². The molecule has 29 heavy (non-hydrogen) atoms. The molecule has 2 atom stereocenters. The molecule has 0 aromatic carbocycles. The maximum Gasteiger partial charge on any atom is 0.265 e. The molecule has 0 heterocycles. The third-order valence-electron chi connectivity index (χ3n) is 4.34. The molecule has 2 N–H and O–H groups in total. The van der Waals surface area contributed by atoms with Gasteiger partial charge >= 0.3 is 0 Å². The van der Waals surface area contributed by atoms with Crippen LogP contribution in [0.25, 0.3) is 0 Å². The van der Waals surface area contributed by atoms with Crippen LogP contribution in [0.3, 0.4) is 0 Å². The molecular weight excluding hydrogens is 460 g/mol. The summed E-state index contributed by atoms with van der Waals surface area (Å²) in [4.78, 5) is 0. The third kappa shape index (κ3) is 18.6. The smallest absolute Gasteiger partial charge is 0.265 e. The predicted molar refractivity (Wildman–Crippen MR) is 119 cm³/mol. The molecule has 2 unspecified atom stereocenters. The summed E-state index contributed by atoms with van der Waals surface area (Å²) in [6, 6.07) is 0. The van der Waals surface area contributed by atoms with Crippen LogP contribution in [0, 0.1) is 10.8 Å². The Morgan fingerprint density at radius 2 is 0.897 bits per heavy atom. The minimum atomic E-state index is -4.03. The first-order chi connectivity index (χ1) is 12.9. The van der Waals surface area contributed by atoms with Gasteiger partial charge < -0.3 is 0 Å². The van der Waals surface area contributed by atoms with E-state index in [9.17, 15) is 25.3 Å². The lowest BCUT2D eigenvalue weighted by Crippen LogP contribution is -2.24. The van der Waals surface area contributed by atoms with E-state index in [0.29, 0.717) is 55.1 Å². The van der Waals surface area contributed by atoms with Crippen molar-refractivity contribution in [2.75, 3.05) is 34.5 Å². The van der Waals surface area contributed by atoms with Crippen molar-refractivity contribution in [1.82, 2.24) is 0 Å². The number of hydrogen-bond acceptors (Lipinski definition) is 6. The molecule has 0 aliphatic rings. The second-order valence-corrected chi connectivity index (χ2v) is 15.3. The lowest BCUT2D eigenvalue weighted by atomic mass is 9.91. The molecule has 0 aliphatic heterocycles. The normalized spacial score (nSPS) is 15.9. The van der Waals surface area contributed by atoms with E-state index in [-0.39, 0.29) is 11.5 Å². The van der Waals surface area contributed by atoms with E-state index in [0.717, 1.165) is 0 Å². The van der Waals surface area contributed by atoms with E-state index in [1.807, 2.05) is 0 Å². The summed E-state index contributed by atoms with van der Waals surface area (Å²) in [5.41, 5.74) is -1.16. The van der Waals surface area contributed by atoms with E-state index in [1.165, 1.54) is 0 Å². The predicted octanol–water partition coefficient (Wildman–Crippen LogP) is 2.26. The average molecular weight is 497 g/mol. The van der Waals surface area contributed by atoms with Gasteiger partial charge in [0.05, 0.1) is 11.5 Å². The molecule has 0 aromatic heterocycles. The van der Waals surface area contributed by atoms with Gasteiger partial charge in [-0.2, -0.15) is 16.8 Å². The Balaban J connectivity index is 4.01. The van der Waals surface area contributed by atoms with E-state index in [1.54, 1.807) is 27.7 Å². The van der Waals surface area contributed by atoms with Gasteiger partial charge in [-0.05, 0) is 42.9 Å². The summed E-state index contributed by atoms with van der Waals surface area (Å²) in [5.74, 6) is 1.08. The molecule has 0 rings (SSSR count). The Hall–Kier alpha value is 0.120. The molecule has 0 amide bonds. The third-order valence-corrected chi connectivity index (χ3v) is 9.61. The Kier molecular flexibility index (Phi) is 12.3. The lowest BCUT2D eigenvalue weighted by molar-refractivity contribution is 0.358. The zero-order valence-corrected chi connectivity index (χ0v) is 21.0. The first-order valence-electron chi connectivity index (χ1n) is 9.51. The van der Waals surface area contributed by atoms with Gasteiger partial charge in [-0.25, -0.2) is 0 Å². The van der Waals surface area contributed by atoms with Gasteiger partial charge in [0.1, 0.15) is 0 Å². The minimum absolute atomic E-state index is 0.327. The average Bonchev–Trinajstić information content (AvgIpc) is 2.41. The van der Waals surface area contributed by atoms with Crippen molar-refractivity contribution < 1.29 is 34.4 Å². The molecule has 0 saturated heterocycles. The number of rotatable bonds is 16. The SMILES string of the molecule is CC(C)(CCCS(=O)CCCS(=O)CCCC(C)(C)CS(=O)(=O)O)CS(=O)(=O)O. The molecule has 12 heteroatoms. The molecule has 0 spiro atoms. The Bertz CT molecular complexity index is 690. The highest BCUT2D eigenvalue weighted by molar-refractivity contribution is 7.86. The Morgan fingerprint density at radius 1 is 0.621 bits per heavy atom. The number of hydrogen-bond donors (Lipinski definition) is 2. The van der Waals surface area contributed by atoms with Gasteiger partial charge in [0.2, 0.25) is 0 Å². The summed E-state index contributed by atoms with van der Waals surface area (Å²) in [5, 5.41) is 0. The van der Waals surface area contributed by atoms with Crippen molar-refractivity contribution in [3.8, 4) is 0 Å². The van der Waals surface area contributed by atoms with Crippen LogP contribution in [0.15, 0.2) is 0 Å². The first-order valence-corrected chi connectivity index (χ1v) is 15.7. The molecule has 0 bridgehead atoms. The van der Waals surface area contributed by atoms with Gasteiger partial charge in [-0.1, -0.05) is 27.7 Å². The monoisotopic (exact) mass is 496 g/mol. The summed E-state index contributed by atoms with van der Waals surface area (Å²) < 4.78 is 85.8. The van der Waals surface area contributed by atoms with Gasteiger partial charge in [-0.15, -0.1) is 0 Å². The highest BCUT2D eigenvalue weighted by Gasteiger charge is 2.25. The summed E-state index contributed by atoms with van der Waals surface area (Å²) in [7, 11) is -10.2. The summed E-state index contributed by atoms with van der Waals surface area (Å²) >= 11 is 0. The van der Waals surface area contributed by atoms with Gasteiger partial charge in [0.15, 0.2) is 0 Å². The van der Waals surface area contributed by atoms with Crippen LogP contribution in [0.5, 0.6) is 0 Å². The van der Waals surface area contributed by atoms with Gasteiger partial charge in [0.25, 0.3) is 20.2 Å². The quantitative estimate of drug-likeness (QED) is 0.310. The van der Waals surface area contributed by atoms with Gasteiger partial charge in [-0.3, -0.25) is 17.5 Å². The lowest BCUT2D eigenvalue weighted by Gasteiger charge is -2.22. The van der Waals surface area contributed by atoms with E-state index in [2.05, 4.69) is 0 Å². The fourth-order valence-corrected chi connectivity index (χ4v) is 7.86. The highest BCUT2D eigenvalue weighted by Crippen LogP contribution is 2.25. The highest BCUT2D eigenvalue weighted by atomic mass is 32.2. The summed E-state index contributed by atoms with van der Waals surface area (Å²) in [6.07, 6.45) is 2.79. The molecule has 0 saturated carbocycles. The second kappa shape index (κ2) is 12.2. The fraction of sp³-hybridized carbons (Fsp3) is 1.00. The van der Waals surface area contributed by atoms with E-state index >= 15 is 0 Å². The van der Waals surface area contributed by atoms with Crippen molar-refractivity contribution in [2.24, 2.45) is 10.8 Å². The molecule has 8 nitrogen and oxygen atoms in total.